The van der Waals surface area contributed by atoms with E-state index in [4.69, 9.17) is 9.47 Å². The van der Waals surface area contributed by atoms with Crippen LogP contribution >= 0.6 is 0 Å². The molecule has 54 heavy (non-hydrogen) atoms. The number of aliphatic hydroxyl groups excluding tert-OH is 2. The van der Waals surface area contributed by atoms with Crippen molar-refractivity contribution in [1.82, 2.24) is 15.3 Å². The van der Waals surface area contributed by atoms with Crippen LogP contribution in [0.15, 0.2) is 114 Å². The van der Waals surface area contributed by atoms with E-state index in [0.717, 1.165) is 12.1 Å². The highest BCUT2D eigenvalue weighted by Gasteiger charge is 2.40. The summed E-state index contributed by atoms with van der Waals surface area (Å²) in [5.74, 6) is 0.237. The Hall–Kier alpha value is -4.64. The third-order valence-electron chi connectivity index (χ3n) is 10.6. The lowest BCUT2D eigenvalue weighted by molar-refractivity contribution is -0.153. The molecule has 0 spiro atoms. The number of aromatic nitrogens is 2. The average molecular weight is 737 g/mol. The number of hydrogen-bond acceptors (Lipinski definition) is 9. The van der Waals surface area contributed by atoms with Crippen molar-refractivity contribution < 1.29 is 29.3 Å². The standard InChI is InChI=1S/C44H56N4O6/c1-7-15-36(49)43(3,4)38-22-13-18-30-27-29(30)17-9-12-24-40-45-28-35(48-40)42(52)54-39(44(5,6)37(50)16-8-2)23-14-21-33-32(47-33)20-11-10-19-31-25-26-34(46-31)41(51)53-38/h7-21,24,26,28-30,32-33,36-39,47,49-50H,22-23,25,27H2,1-6H3,(H,45,48)/b15-7+,16-8+,17-9+,18-13-,19-10-,20-11+,21-14-,24-12-/t29-,30+,32+,33-,36+,37+,38+,39+/m1/s1. The minimum atomic E-state index is -0.820. The summed E-state index contributed by atoms with van der Waals surface area (Å²) in [5, 5.41) is 25.3. The lowest BCUT2D eigenvalue weighted by atomic mass is 9.79. The first-order valence-electron chi connectivity index (χ1n) is 19.0. The van der Waals surface area contributed by atoms with Gasteiger partial charge in [-0.3, -0.25) is 0 Å². The van der Waals surface area contributed by atoms with Gasteiger partial charge in [-0.15, -0.1) is 0 Å². The summed E-state index contributed by atoms with van der Waals surface area (Å²) >= 11 is 0. The van der Waals surface area contributed by atoms with Crippen molar-refractivity contribution in [2.45, 2.75) is 104 Å². The van der Waals surface area contributed by atoms with Gasteiger partial charge in [-0.2, -0.15) is 0 Å². The molecule has 288 valence electrons. The van der Waals surface area contributed by atoms with Gasteiger partial charge in [0.15, 0.2) is 0 Å². The highest BCUT2D eigenvalue weighted by Crippen LogP contribution is 2.41. The number of carbonyl (C=O) groups excluding carboxylic acids is 2. The van der Waals surface area contributed by atoms with Crippen LogP contribution in [0.2, 0.25) is 0 Å². The molecule has 4 aliphatic rings. The van der Waals surface area contributed by atoms with Crippen molar-refractivity contribution in [2.75, 3.05) is 0 Å². The molecule has 2 fully saturated rings. The van der Waals surface area contributed by atoms with E-state index in [1.165, 1.54) is 6.20 Å². The second kappa shape index (κ2) is 18.1. The van der Waals surface area contributed by atoms with Gasteiger partial charge in [0.2, 0.25) is 0 Å². The number of rotatable bonds is 6. The van der Waals surface area contributed by atoms with Crippen LogP contribution in [-0.4, -0.2) is 74.3 Å². The number of cyclic esters (lactones) is 2. The Kier molecular flexibility index (Phi) is 13.6. The van der Waals surface area contributed by atoms with Crippen LogP contribution in [0.1, 0.15) is 83.5 Å². The van der Waals surface area contributed by atoms with Gasteiger partial charge in [-0.05, 0) is 50.3 Å². The fourth-order valence-corrected chi connectivity index (χ4v) is 6.46. The zero-order chi connectivity index (χ0) is 38.9. The zero-order valence-corrected chi connectivity index (χ0v) is 32.3. The second-order valence-electron chi connectivity index (χ2n) is 15.5. The van der Waals surface area contributed by atoms with Gasteiger partial charge in [-0.1, -0.05) is 113 Å². The van der Waals surface area contributed by atoms with Crippen molar-refractivity contribution in [3.63, 3.8) is 0 Å². The smallest absolute Gasteiger partial charge is 0.356 e. The van der Waals surface area contributed by atoms with Crippen LogP contribution in [0.4, 0.5) is 0 Å². The number of hydrogen-bond donors (Lipinski definition) is 4. The maximum atomic E-state index is 13.3. The molecule has 10 heteroatoms. The molecule has 5 rings (SSSR count). The van der Waals surface area contributed by atoms with E-state index in [1.807, 2.05) is 84.1 Å². The van der Waals surface area contributed by atoms with Crippen LogP contribution in [0.25, 0.3) is 6.08 Å². The van der Waals surface area contributed by atoms with E-state index in [9.17, 15) is 19.8 Å². The van der Waals surface area contributed by atoms with Crippen molar-refractivity contribution in [1.29, 1.82) is 0 Å². The van der Waals surface area contributed by atoms with Gasteiger partial charge < -0.3 is 30.0 Å². The first kappa shape index (κ1) is 40.5. The normalized spacial score (nSPS) is 31.8. The number of nitrogens with zero attached hydrogens (tertiary/aromatic N) is 2. The summed E-state index contributed by atoms with van der Waals surface area (Å²) < 4.78 is 12.1. The number of ether oxygens (including phenoxy) is 2. The van der Waals surface area contributed by atoms with Crippen LogP contribution in [0.5, 0.6) is 0 Å². The Balaban J connectivity index is 1.34. The average Bonchev–Trinajstić information content (AvgIpc) is 3.93. The Morgan fingerprint density at radius 1 is 0.796 bits per heavy atom. The fraction of sp³-hybridized carbons (Fsp3) is 0.455. The van der Waals surface area contributed by atoms with Crippen LogP contribution in [0.3, 0.4) is 0 Å². The molecule has 1 aromatic rings. The Labute approximate surface area is 319 Å². The predicted octanol–water partition coefficient (Wildman–Crippen LogP) is 7.07. The lowest BCUT2D eigenvalue weighted by Gasteiger charge is -2.36. The molecule has 8 atom stereocenters. The first-order chi connectivity index (χ1) is 25.8. The molecule has 1 saturated heterocycles. The molecule has 0 aromatic carbocycles. The number of aliphatic imine (C=N–C) groups is 1. The van der Waals surface area contributed by atoms with Gasteiger partial charge in [0, 0.05) is 47.9 Å². The Bertz CT molecular complexity index is 1800. The van der Waals surface area contributed by atoms with Crippen molar-refractivity contribution >= 4 is 23.7 Å². The molecule has 1 aromatic heterocycles. The molecule has 4 heterocycles. The molecular weight excluding hydrogens is 681 g/mol. The summed E-state index contributed by atoms with van der Waals surface area (Å²) in [6.45, 7) is 11.3. The molecule has 0 unspecified atom stereocenters. The van der Waals surface area contributed by atoms with Crippen LogP contribution in [0, 0.1) is 22.7 Å². The molecular formula is C44H56N4O6. The van der Waals surface area contributed by atoms with E-state index >= 15 is 0 Å². The molecule has 0 radical (unpaired) electrons. The Morgan fingerprint density at radius 3 is 2.07 bits per heavy atom. The number of allylic oxidation sites excluding steroid dienone is 10. The van der Waals surface area contributed by atoms with Gasteiger partial charge >= 0.3 is 11.9 Å². The van der Waals surface area contributed by atoms with Gasteiger partial charge in [0.25, 0.3) is 0 Å². The summed E-state index contributed by atoms with van der Waals surface area (Å²) in [7, 11) is 0. The van der Waals surface area contributed by atoms with Gasteiger partial charge in [-0.25, -0.2) is 19.6 Å². The quantitative estimate of drug-likeness (QED) is 0.137. The summed E-state index contributed by atoms with van der Waals surface area (Å²) in [6.07, 6.45) is 33.7. The first-order valence-corrected chi connectivity index (χ1v) is 19.0. The maximum Gasteiger partial charge on any atom is 0.356 e. The van der Waals surface area contributed by atoms with Crippen molar-refractivity contribution in [3.8, 4) is 0 Å². The van der Waals surface area contributed by atoms with Crippen molar-refractivity contribution in [3.05, 3.63) is 121 Å². The number of nitrogens with one attached hydrogen (secondary N) is 2. The van der Waals surface area contributed by atoms with E-state index in [1.54, 1.807) is 36.5 Å². The largest absolute Gasteiger partial charge is 0.457 e. The number of aliphatic hydroxyl groups is 2. The molecule has 10 nitrogen and oxygen atoms in total. The minimum Gasteiger partial charge on any atom is -0.457 e. The van der Waals surface area contributed by atoms with E-state index < -0.39 is 47.2 Å². The number of imidazole rings is 1. The number of carbonyl (C=O) groups is 2. The van der Waals surface area contributed by atoms with Crippen LogP contribution in [-0.2, 0) is 14.3 Å². The monoisotopic (exact) mass is 736 g/mol. The van der Waals surface area contributed by atoms with Gasteiger partial charge in [0.05, 0.1) is 18.4 Å². The SMILES string of the molecule is C/C=C/[C@H](O)C(C)(C)[C@@H]1C/C=C\[C@H]2C[C@H]2/C=C/C=C\c2ncc([nH]2)C(=O)O[C@H](C(C)(C)[C@@H](O)/C=C/C)C/C=C\[C@H]2N[C@H]2/C=C/C=C\C2=NC(=CC2)C(=O)O1. The number of H-pyrrole nitrogens is 1. The third kappa shape index (κ3) is 10.7. The predicted molar refractivity (Wildman–Crippen MR) is 213 cm³/mol. The molecule has 4 N–H and O–H groups in total. The number of esters is 2. The maximum absolute atomic E-state index is 13.3. The highest BCUT2D eigenvalue weighted by molar-refractivity contribution is 6.04. The molecule has 1 aliphatic carbocycles. The van der Waals surface area contributed by atoms with Crippen LogP contribution < -0.4 is 5.32 Å². The van der Waals surface area contributed by atoms with Gasteiger partial charge in [0.1, 0.15) is 29.4 Å². The minimum absolute atomic E-state index is 0.127. The lowest BCUT2D eigenvalue weighted by Crippen LogP contribution is -2.42. The Morgan fingerprint density at radius 2 is 1.39 bits per heavy atom. The molecule has 3 aliphatic heterocycles. The molecule has 0 amide bonds. The van der Waals surface area contributed by atoms with Crippen molar-refractivity contribution in [2.24, 2.45) is 27.7 Å². The fourth-order valence-electron chi connectivity index (χ4n) is 6.46. The summed E-state index contributed by atoms with van der Waals surface area (Å²) in [5.41, 5.74) is -0.243. The van der Waals surface area contributed by atoms with E-state index in [2.05, 4.69) is 44.6 Å². The number of aromatic amines is 1. The third-order valence-corrected chi connectivity index (χ3v) is 10.6. The van der Waals surface area contributed by atoms with E-state index in [0.29, 0.717) is 36.9 Å². The number of fused-ring (bicyclic) bond motifs is 5. The zero-order valence-electron chi connectivity index (χ0n) is 32.3. The molecule has 4 bridgehead atoms. The summed E-state index contributed by atoms with van der Waals surface area (Å²) in [4.78, 5) is 38.6. The highest BCUT2D eigenvalue weighted by atomic mass is 16.6. The van der Waals surface area contributed by atoms with E-state index in [-0.39, 0.29) is 23.5 Å². The summed E-state index contributed by atoms with van der Waals surface area (Å²) in [6, 6.07) is 0.273. The second-order valence-corrected chi connectivity index (χ2v) is 15.5. The molecule has 1 saturated carbocycles. The topological polar surface area (TPSA) is 156 Å².